The first-order valence-electron chi connectivity index (χ1n) is 8.54. The third-order valence-corrected chi connectivity index (χ3v) is 4.43. The van der Waals surface area contributed by atoms with Crippen LogP contribution < -0.4 is 10.6 Å². The van der Waals surface area contributed by atoms with E-state index in [1.807, 2.05) is 0 Å². The van der Waals surface area contributed by atoms with Gasteiger partial charge in [-0.2, -0.15) is 13.2 Å². The van der Waals surface area contributed by atoms with Crippen LogP contribution in [0.25, 0.3) is 0 Å². The summed E-state index contributed by atoms with van der Waals surface area (Å²) in [5.41, 5.74) is 0.0734. The van der Waals surface area contributed by atoms with Crippen LogP contribution in [0.15, 0.2) is 42.5 Å². The standard InChI is InChI=1S/C20H20ClF3N2O2/c1-11(2)18(19(28)26-16-7-5-4-6-14(16)12(3)27)25-17-9-8-13(10-15(17)21)20(22,23)24/h4-11,18,25H,1-3H3,(H,26,28)/t18-/m1/s1. The van der Waals surface area contributed by atoms with Gasteiger partial charge in [-0.05, 0) is 43.2 Å². The quantitative estimate of drug-likeness (QED) is 0.604. The fourth-order valence-corrected chi connectivity index (χ4v) is 2.86. The van der Waals surface area contributed by atoms with Gasteiger partial charge in [0.15, 0.2) is 5.78 Å². The zero-order valence-electron chi connectivity index (χ0n) is 15.5. The number of carbonyl (C=O) groups excluding carboxylic acids is 2. The highest BCUT2D eigenvalue weighted by Crippen LogP contribution is 2.34. The van der Waals surface area contributed by atoms with Crippen LogP contribution in [0.4, 0.5) is 24.5 Å². The van der Waals surface area contributed by atoms with Crippen molar-refractivity contribution in [2.45, 2.75) is 33.0 Å². The van der Waals surface area contributed by atoms with Crippen LogP contribution >= 0.6 is 11.6 Å². The number of halogens is 4. The fourth-order valence-electron chi connectivity index (χ4n) is 2.62. The van der Waals surface area contributed by atoms with E-state index in [4.69, 9.17) is 11.6 Å². The second kappa shape index (κ2) is 8.65. The number of hydrogen-bond acceptors (Lipinski definition) is 3. The maximum Gasteiger partial charge on any atom is 0.416 e. The zero-order chi connectivity index (χ0) is 21.1. The topological polar surface area (TPSA) is 58.2 Å². The molecule has 0 aliphatic carbocycles. The van der Waals surface area contributed by atoms with Gasteiger partial charge in [-0.25, -0.2) is 0 Å². The minimum absolute atomic E-state index is 0.141. The Labute approximate surface area is 166 Å². The van der Waals surface area contributed by atoms with Gasteiger partial charge in [0.05, 0.1) is 22.0 Å². The predicted molar refractivity (Wildman–Crippen MR) is 104 cm³/mol. The molecule has 2 aromatic rings. The summed E-state index contributed by atoms with van der Waals surface area (Å²) < 4.78 is 38.4. The van der Waals surface area contributed by atoms with Crippen LogP contribution in [0.2, 0.25) is 5.02 Å². The molecule has 1 amide bonds. The monoisotopic (exact) mass is 412 g/mol. The molecule has 0 saturated heterocycles. The third-order valence-electron chi connectivity index (χ3n) is 4.12. The van der Waals surface area contributed by atoms with Crippen molar-refractivity contribution in [3.63, 3.8) is 0 Å². The number of benzene rings is 2. The highest BCUT2D eigenvalue weighted by Gasteiger charge is 2.31. The number of Topliss-reactive ketones (excluding diaryl/α,β-unsaturated/α-hetero) is 1. The minimum atomic E-state index is -4.51. The van der Waals surface area contributed by atoms with E-state index in [9.17, 15) is 22.8 Å². The maximum absolute atomic E-state index is 12.8. The number of anilines is 2. The molecule has 28 heavy (non-hydrogen) atoms. The Bertz CT molecular complexity index is 882. The molecule has 4 nitrogen and oxygen atoms in total. The van der Waals surface area contributed by atoms with Gasteiger partial charge < -0.3 is 10.6 Å². The van der Waals surface area contributed by atoms with E-state index in [1.165, 1.54) is 13.0 Å². The van der Waals surface area contributed by atoms with E-state index in [2.05, 4.69) is 10.6 Å². The molecule has 8 heteroatoms. The Kier molecular flexibility index (Phi) is 6.72. The molecule has 150 valence electrons. The molecule has 0 unspecified atom stereocenters. The zero-order valence-corrected chi connectivity index (χ0v) is 16.3. The first-order chi connectivity index (χ1) is 13.0. The van der Waals surface area contributed by atoms with E-state index in [0.717, 1.165) is 12.1 Å². The van der Waals surface area contributed by atoms with Crippen LogP contribution in [-0.4, -0.2) is 17.7 Å². The molecule has 0 saturated carbocycles. The van der Waals surface area contributed by atoms with Crippen LogP contribution in [0.1, 0.15) is 36.7 Å². The molecule has 0 radical (unpaired) electrons. The number of nitrogens with one attached hydrogen (secondary N) is 2. The summed E-state index contributed by atoms with van der Waals surface area (Å²) in [5, 5.41) is 5.46. The molecular weight excluding hydrogens is 393 g/mol. The number of amides is 1. The second-order valence-electron chi connectivity index (χ2n) is 6.65. The van der Waals surface area contributed by atoms with Crippen molar-refractivity contribution in [3.05, 3.63) is 58.6 Å². The Morgan fingerprint density at radius 1 is 1.04 bits per heavy atom. The lowest BCUT2D eigenvalue weighted by molar-refractivity contribution is -0.137. The van der Waals surface area contributed by atoms with E-state index < -0.39 is 23.7 Å². The fraction of sp³-hybridized carbons (Fsp3) is 0.300. The van der Waals surface area contributed by atoms with Gasteiger partial charge in [0, 0.05) is 5.56 Å². The number of carbonyl (C=O) groups is 2. The molecule has 2 rings (SSSR count). The molecule has 0 heterocycles. The van der Waals surface area contributed by atoms with Crippen LogP contribution in [0, 0.1) is 5.92 Å². The average Bonchev–Trinajstić information content (AvgIpc) is 2.59. The van der Waals surface area contributed by atoms with Crippen molar-refractivity contribution in [2.75, 3.05) is 10.6 Å². The summed E-state index contributed by atoms with van der Waals surface area (Å²) in [6, 6.07) is 8.70. The van der Waals surface area contributed by atoms with Crippen LogP contribution in [0.5, 0.6) is 0 Å². The summed E-state index contributed by atoms with van der Waals surface area (Å²) in [6.45, 7) is 4.96. The first kappa shape index (κ1) is 21.8. The Hall–Kier alpha value is -2.54. The molecule has 2 aromatic carbocycles. The number of ketones is 1. The summed E-state index contributed by atoms with van der Waals surface area (Å²) in [7, 11) is 0. The van der Waals surface area contributed by atoms with E-state index in [1.54, 1.807) is 38.1 Å². The van der Waals surface area contributed by atoms with Gasteiger partial charge in [0.25, 0.3) is 0 Å². The number of hydrogen-bond donors (Lipinski definition) is 2. The molecule has 0 aliphatic heterocycles. The van der Waals surface area contributed by atoms with Gasteiger partial charge in [0.2, 0.25) is 5.91 Å². The Morgan fingerprint density at radius 2 is 1.68 bits per heavy atom. The highest BCUT2D eigenvalue weighted by molar-refractivity contribution is 6.33. The molecule has 0 aromatic heterocycles. The molecule has 0 fully saturated rings. The lowest BCUT2D eigenvalue weighted by atomic mass is 10.0. The van der Waals surface area contributed by atoms with E-state index in [0.29, 0.717) is 11.3 Å². The maximum atomic E-state index is 12.8. The summed E-state index contributed by atoms with van der Waals surface area (Å²) in [6.07, 6.45) is -4.51. The van der Waals surface area contributed by atoms with Crippen molar-refractivity contribution in [1.82, 2.24) is 0 Å². The summed E-state index contributed by atoms with van der Waals surface area (Å²) in [5.74, 6) is -0.835. The highest BCUT2D eigenvalue weighted by atomic mass is 35.5. The third kappa shape index (κ3) is 5.25. The number of para-hydroxylation sites is 1. The van der Waals surface area contributed by atoms with Crippen LogP contribution in [-0.2, 0) is 11.0 Å². The molecule has 0 bridgehead atoms. The van der Waals surface area contributed by atoms with Gasteiger partial charge in [-0.1, -0.05) is 37.6 Å². The van der Waals surface area contributed by atoms with Crippen molar-refractivity contribution >= 4 is 34.7 Å². The smallest absolute Gasteiger partial charge is 0.372 e. The molecular formula is C20H20ClF3N2O2. The largest absolute Gasteiger partial charge is 0.416 e. The van der Waals surface area contributed by atoms with E-state index >= 15 is 0 Å². The molecule has 0 spiro atoms. The number of alkyl halides is 3. The Morgan fingerprint density at radius 3 is 2.21 bits per heavy atom. The summed E-state index contributed by atoms with van der Waals surface area (Å²) in [4.78, 5) is 24.5. The van der Waals surface area contributed by atoms with Gasteiger partial charge >= 0.3 is 6.18 Å². The van der Waals surface area contributed by atoms with Crippen molar-refractivity contribution in [3.8, 4) is 0 Å². The molecule has 2 N–H and O–H groups in total. The predicted octanol–water partition coefficient (Wildman–Crippen LogP) is 5.64. The van der Waals surface area contributed by atoms with Crippen molar-refractivity contribution < 1.29 is 22.8 Å². The van der Waals surface area contributed by atoms with Gasteiger partial charge in [-0.15, -0.1) is 0 Å². The summed E-state index contributed by atoms with van der Waals surface area (Å²) >= 11 is 5.98. The second-order valence-corrected chi connectivity index (χ2v) is 7.06. The molecule has 1 atom stereocenters. The van der Waals surface area contributed by atoms with Gasteiger partial charge in [0.1, 0.15) is 6.04 Å². The lowest BCUT2D eigenvalue weighted by Crippen LogP contribution is -2.39. The normalized spacial score (nSPS) is 12.6. The number of rotatable bonds is 6. The SMILES string of the molecule is CC(=O)c1ccccc1NC(=O)[C@H](Nc1ccc(C(F)(F)F)cc1Cl)C(C)C. The first-order valence-corrected chi connectivity index (χ1v) is 8.92. The van der Waals surface area contributed by atoms with Crippen molar-refractivity contribution in [2.24, 2.45) is 5.92 Å². The van der Waals surface area contributed by atoms with Crippen LogP contribution in [0.3, 0.4) is 0 Å². The minimum Gasteiger partial charge on any atom is -0.372 e. The lowest BCUT2D eigenvalue weighted by Gasteiger charge is -2.24. The van der Waals surface area contributed by atoms with Crippen molar-refractivity contribution in [1.29, 1.82) is 0 Å². The van der Waals surface area contributed by atoms with Gasteiger partial charge in [-0.3, -0.25) is 9.59 Å². The Balaban J connectivity index is 2.25. The van der Waals surface area contributed by atoms with E-state index in [-0.39, 0.29) is 22.4 Å². The molecule has 0 aliphatic rings. The average molecular weight is 413 g/mol.